The van der Waals surface area contributed by atoms with Crippen molar-refractivity contribution >= 4 is 55.2 Å². The Balaban J connectivity index is 1.63. The lowest BCUT2D eigenvalue weighted by Crippen LogP contribution is -2.31. The second-order valence-corrected chi connectivity index (χ2v) is 8.35. The predicted molar refractivity (Wildman–Crippen MR) is 124 cm³/mol. The molecule has 7 heteroatoms. The molecule has 3 aromatic carbocycles. The van der Waals surface area contributed by atoms with Gasteiger partial charge in [-0.3, -0.25) is 14.5 Å². The lowest BCUT2D eigenvalue weighted by atomic mass is 10.2. The average Bonchev–Trinajstić information content (AvgIpc) is 3.23. The number of rotatable bonds is 4. The van der Waals surface area contributed by atoms with Crippen molar-refractivity contribution in [1.82, 2.24) is 4.98 Å². The van der Waals surface area contributed by atoms with E-state index in [1.165, 1.54) is 22.3 Å². The zero-order valence-corrected chi connectivity index (χ0v) is 17.7. The van der Waals surface area contributed by atoms with Gasteiger partial charge in [-0.1, -0.05) is 71.5 Å². The third kappa shape index (κ3) is 3.71. The first-order valence-corrected chi connectivity index (χ1v) is 10.7. The summed E-state index contributed by atoms with van der Waals surface area (Å²) in [5.74, 6) is -0.480. The van der Waals surface area contributed by atoms with E-state index in [-0.39, 0.29) is 17.7 Å². The molecular weight excluding hydrogens is 432 g/mol. The van der Waals surface area contributed by atoms with Crippen LogP contribution < -0.4 is 10.3 Å². The molecular formula is C24H15ClN2O3S. The molecule has 0 unspecified atom stereocenters. The van der Waals surface area contributed by atoms with E-state index >= 15 is 0 Å². The predicted octanol–water partition coefficient (Wildman–Crippen LogP) is 5.90. The van der Waals surface area contributed by atoms with Crippen molar-refractivity contribution in [2.75, 3.05) is 4.90 Å². The molecule has 5 rings (SSSR count). The lowest BCUT2D eigenvalue weighted by molar-refractivity contribution is 0.0959. The number of nitrogens with zero attached hydrogens (tertiary/aromatic N) is 2. The minimum Gasteiger partial charge on any atom is -0.451 e. The van der Waals surface area contributed by atoms with Crippen molar-refractivity contribution in [3.8, 4) is 0 Å². The van der Waals surface area contributed by atoms with Gasteiger partial charge in [0.05, 0.1) is 21.7 Å². The van der Waals surface area contributed by atoms with Gasteiger partial charge in [0.1, 0.15) is 11.1 Å². The zero-order valence-electron chi connectivity index (χ0n) is 16.1. The highest BCUT2D eigenvalue weighted by Gasteiger charge is 2.25. The number of benzene rings is 3. The first kappa shape index (κ1) is 19.5. The Labute approximate surface area is 186 Å². The highest BCUT2D eigenvalue weighted by molar-refractivity contribution is 7.22. The Bertz CT molecular complexity index is 1480. The molecule has 0 bridgehead atoms. The van der Waals surface area contributed by atoms with Crippen LogP contribution in [0.25, 0.3) is 21.2 Å². The number of fused-ring (bicyclic) bond motifs is 2. The van der Waals surface area contributed by atoms with E-state index in [0.29, 0.717) is 26.6 Å². The van der Waals surface area contributed by atoms with Crippen LogP contribution in [-0.2, 0) is 6.54 Å². The number of aromatic nitrogens is 1. The maximum Gasteiger partial charge on any atom is 0.296 e. The number of anilines is 1. The smallest absolute Gasteiger partial charge is 0.296 e. The second-order valence-electron chi connectivity index (χ2n) is 6.93. The molecule has 0 aliphatic heterocycles. The number of para-hydroxylation sites is 2. The molecule has 0 aliphatic rings. The highest BCUT2D eigenvalue weighted by atomic mass is 35.5. The summed E-state index contributed by atoms with van der Waals surface area (Å²) in [7, 11) is 0. The van der Waals surface area contributed by atoms with Crippen molar-refractivity contribution in [1.29, 1.82) is 0 Å². The summed E-state index contributed by atoms with van der Waals surface area (Å²) in [6.45, 7) is 0.271. The van der Waals surface area contributed by atoms with Gasteiger partial charge in [-0.25, -0.2) is 4.98 Å². The van der Waals surface area contributed by atoms with Gasteiger partial charge < -0.3 is 4.42 Å². The first-order valence-electron chi connectivity index (χ1n) is 9.54. The third-order valence-corrected chi connectivity index (χ3v) is 6.21. The molecule has 5 nitrogen and oxygen atoms in total. The van der Waals surface area contributed by atoms with E-state index in [1.807, 2.05) is 42.5 Å². The summed E-state index contributed by atoms with van der Waals surface area (Å²) in [4.78, 5) is 32.2. The van der Waals surface area contributed by atoms with Crippen LogP contribution in [0.3, 0.4) is 0 Å². The molecule has 31 heavy (non-hydrogen) atoms. The van der Waals surface area contributed by atoms with Crippen LogP contribution in [0.15, 0.2) is 88.1 Å². The molecule has 2 heterocycles. The normalized spacial score (nSPS) is 11.1. The number of halogens is 1. The molecule has 0 fully saturated rings. The summed E-state index contributed by atoms with van der Waals surface area (Å²) in [5.41, 5.74) is 1.65. The maximum absolute atomic E-state index is 13.5. The van der Waals surface area contributed by atoms with Crippen LogP contribution >= 0.6 is 22.9 Å². The Morgan fingerprint density at radius 2 is 1.77 bits per heavy atom. The van der Waals surface area contributed by atoms with Crippen molar-refractivity contribution in [2.45, 2.75) is 6.54 Å². The summed E-state index contributed by atoms with van der Waals surface area (Å²) >= 11 is 7.66. The van der Waals surface area contributed by atoms with Crippen LogP contribution in [0.4, 0.5) is 5.13 Å². The number of amides is 1. The standard InChI is InChI=1S/C24H15ClN2O3S/c25-17-10-6-12-21-22(17)26-24(31-21)27(14-15-7-2-1-3-8-15)23(29)20-13-18(28)16-9-4-5-11-19(16)30-20/h1-13H,14H2. The topological polar surface area (TPSA) is 63.4 Å². The number of hydrogen-bond acceptors (Lipinski definition) is 5. The molecule has 0 N–H and O–H groups in total. The second kappa shape index (κ2) is 7.98. The van der Waals surface area contributed by atoms with Crippen molar-refractivity contribution in [2.24, 2.45) is 0 Å². The number of thiazole rings is 1. The molecule has 0 spiro atoms. The van der Waals surface area contributed by atoms with Crippen LogP contribution in [0.2, 0.25) is 5.02 Å². The molecule has 5 aromatic rings. The van der Waals surface area contributed by atoms with Gasteiger partial charge in [-0.15, -0.1) is 0 Å². The van der Waals surface area contributed by atoms with Crippen molar-refractivity contribution < 1.29 is 9.21 Å². The summed E-state index contributed by atoms with van der Waals surface area (Å²) in [6, 6.07) is 23.2. The van der Waals surface area contributed by atoms with Gasteiger partial charge in [0, 0.05) is 6.07 Å². The minimum atomic E-state index is -0.443. The molecule has 1 amide bonds. The molecule has 0 saturated heterocycles. The van der Waals surface area contributed by atoms with Crippen LogP contribution in [0.1, 0.15) is 16.1 Å². The molecule has 0 aliphatic carbocycles. The molecule has 0 radical (unpaired) electrons. The maximum atomic E-state index is 13.5. The molecule has 152 valence electrons. The molecule has 2 aromatic heterocycles. The van der Waals surface area contributed by atoms with Crippen LogP contribution in [0, 0.1) is 0 Å². The number of carbonyl (C=O) groups is 1. The summed E-state index contributed by atoms with van der Waals surface area (Å²) in [6.07, 6.45) is 0. The van der Waals surface area contributed by atoms with Crippen LogP contribution in [-0.4, -0.2) is 10.9 Å². The van der Waals surface area contributed by atoms with E-state index in [4.69, 9.17) is 16.0 Å². The van der Waals surface area contributed by atoms with E-state index in [0.717, 1.165) is 10.3 Å². The van der Waals surface area contributed by atoms with Gasteiger partial charge in [-0.05, 0) is 29.8 Å². The van der Waals surface area contributed by atoms with Gasteiger partial charge in [0.2, 0.25) is 0 Å². The molecule has 0 atom stereocenters. The average molecular weight is 447 g/mol. The van der Waals surface area contributed by atoms with Gasteiger partial charge >= 0.3 is 0 Å². The fourth-order valence-corrected chi connectivity index (χ4v) is 4.62. The fraction of sp³-hybridized carbons (Fsp3) is 0.0417. The van der Waals surface area contributed by atoms with Gasteiger partial charge in [0.25, 0.3) is 5.91 Å². The van der Waals surface area contributed by atoms with E-state index in [2.05, 4.69) is 4.98 Å². The van der Waals surface area contributed by atoms with E-state index < -0.39 is 5.91 Å². The van der Waals surface area contributed by atoms with Gasteiger partial charge in [0.15, 0.2) is 16.3 Å². The lowest BCUT2D eigenvalue weighted by Gasteiger charge is -2.19. The highest BCUT2D eigenvalue weighted by Crippen LogP contribution is 2.34. The monoisotopic (exact) mass is 446 g/mol. The SMILES string of the molecule is O=C(c1cc(=O)c2ccccc2o1)N(Cc1ccccc1)c1nc2c(Cl)cccc2s1. The molecule has 0 saturated carbocycles. The fourth-order valence-electron chi connectivity index (χ4n) is 3.35. The van der Waals surface area contributed by atoms with Crippen molar-refractivity contribution in [3.05, 3.63) is 105 Å². The van der Waals surface area contributed by atoms with Crippen LogP contribution in [0.5, 0.6) is 0 Å². The Morgan fingerprint density at radius 1 is 1.00 bits per heavy atom. The minimum absolute atomic E-state index is 0.0371. The van der Waals surface area contributed by atoms with E-state index in [1.54, 1.807) is 30.3 Å². The Kier molecular flexibility index (Phi) is 5.02. The zero-order chi connectivity index (χ0) is 21.4. The Morgan fingerprint density at radius 3 is 2.58 bits per heavy atom. The van der Waals surface area contributed by atoms with E-state index in [9.17, 15) is 9.59 Å². The first-order chi connectivity index (χ1) is 15.1. The Hall–Kier alpha value is -3.48. The van der Waals surface area contributed by atoms with Crippen molar-refractivity contribution in [3.63, 3.8) is 0 Å². The quantitative estimate of drug-likeness (QED) is 0.344. The summed E-state index contributed by atoms with van der Waals surface area (Å²) in [5, 5.41) is 1.43. The number of carbonyl (C=O) groups excluding carboxylic acids is 1. The number of hydrogen-bond donors (Lipinski definition) is 0. The summed E-state index contributed by atoms with van der Waals surface area (Å²) < 4.78 is 6.67. The third-order valence-electron chi connectivity index (χ3n) is 4.86. The largest absolute Gasteiger partial charge is 0.451 e. The van der Waals surface area contributed by atoms with Gasteiger partial charge in [-0.2, -0.15) is 0 Å².